The quantitative estimate of drug-likeness (QED) is 0.424. The summed E-state index contributed by atoms with van der Waals surface area (Å²) in [6.07, 6.45) is 1.96. The van der Waals surface area contributed by atoms with Crippen LogP contribution in [0, 0.1) is 0 Å². The van der Waals surface area contributed by atoms with E-state index in [9.17, 15) is 9.59 Å². The molecule has 0 bridgehead atoms. The number of hydrogen-bond acceptors (Lipinski definition) is 4. The number of hydrogen-bond donors (Lipinski definition) is 0. The molecule has 0 fully saturated rings. The van der Waals surface area contributed by atoms with Crippen molar-refractivity contribution in [2.24, 2.45) is 0 Å². The van der Waals surface area contributed by atoms with Gasteiger partial charge in [-0.05, 0) is 44.0 Å². The van der Waals surface area contributed by atoms with Crippen LogP contribution in [0.1, 0.15) is 36.5 Å². The molecule has 1 rings (SSSR count). The Balaban J connectivity index is 2.23. The van der Waals surface area contributed by atoms with Crippen LogP contribution in [0.3, 0.4) is 0 Å². The molecule has 0 saturated heterocycles. The molecule has 0 radical (unpaired) electrons. The maximum absolute atomic E-state index is 11.1. The first-order valence-corrected chi connectivity index (χ1v) is 5.94. The summed E-state index contributed by atoms with van der Waals surface area (Å²) in [5, 5.41) is 0. The lowest BCUT2D eigenvalue weighted by Crippen LogP contribution is -2.02. The van der Waals surface area contributed by atoms with Crippen LogP contribution >= 0.6 is 0 Å². The van der Waals surface area contributed by atoms with Gasteiger partial charge in [0, 0.05) is 12.0 Å². The molecule has 0 atom stereocenters. The van der Waals surface area contributed by atoms with Crippen molar-refractivity contribution in [3.8, 4) is 5.75 Å². The lowest BCUT2D eigenvalue weighted by molar-refractivity contribution is -0.140. The Kier molecular flexibility index (Phi) is 5.91. The number of carbonyl (C=O) groups is 2. The molecule has 4 heteroatoms. The van der Waals surface area contributed by atoms with Crippen molar-refractivity contribution in [3.63, 3.8) is 0 Å². The summed E-state index contributed by atoms with van der Waals surface area (Å²) in [4.78, 5) is 21.9. The number of Topliss-reactive ketones (excluding diaryl/α,β-unsaturated/α-hetero) is 1. The second-order valence-electron chi connectivity index (χ2n) is 3.96. The molecular formula is C14H18O4. The van der Waals surface area contributed by atoms with Crippen LogP contribution in [0.25, 0.3) is 0 Å². The standard InChI is InChI=1S/C14H18O4/c1-11(15)12-6-8-13(9-7-12)18-10-4-3-5-14(16)17-2/h6-9H,3-5,10H2,1-2H3. The van der Waals surface area contributed by atoms with Gasteiger partial charge in [0.25, 0.3) is 0 Å². The first-order valence-electron chi connectivity index (χ1n) is 5.94. The minimum absolute atomic E-state index is 0.0413. The van der Waals surface area contributed by atoms with Crippen molar-refractivity contribution in [1.29, 1.82) is 0 Å². The van der Waals surface area contributed by atoms with Gasteiger partial charge in [-0.1, -0.05) is 0 Å². The largest absolute Gasteiger partial charge is 0.494 e. The third kappa shape index (κ3) is 4.99. The normalized spacial score (nSPS) is 9.89. The summed E-state index contributed by atoms with van der Waals surface area (Å²) in [6.45, 7) is 2.08. The molecule has 0 heterocycles. The lowest BCUT2D eigenvalue weighted by Gasteiger charge is -2.06. The summed E-state index contributed by atoms with van der Waals surface area (Å²) in [7, 11) is 1.38. The highest BCUT2D eigenvalue weighted by Crippen LogP contribution is 2.13. The molecule has 4 nitrogen and oxygen atoms in total. The number of unbranched alkanes of at least 4 members (excludes halogenated alkanes) is 1. The van der Waals surface area contributed by atoms with E-state index in [1.165, 1.54) is 14.0 Å². The van der Waals surface area contributed by atoms with Crippen LogP contribution in [-0.4, -0.2) is 25.5 Å². The summed E-state index contributed by atoms with van der Waals surface area (Å²) < 4.78 is 10.0. The number of carbonyl (C=O) groups excluding carboxylic acids is 2. The predicted molar refractivity (Wildman–Crippen MR) is 67.8 cm³/mol. The Hall–Kier alpha value is -1.84. The highest BCUT2D eigenvalue weighted by Gasteiger charge is 2.01. The zero-order valence-electron chi connectivity index (χ0n) is 10.8. The van der Waals surface area contributed by atoms with E-state index in [0.29, 0.717) is 18.6 Å². The molecule has 0 aliphatic rings. The minimum Gasteiger partial charge on any atom is -0.494 e. The summed E-state index contributed by atoms with van der Waals surface area (Å²) in [6, 6.07) is 7.03. The van der Waals surface area contributed by atoms with Crippen molar-refractivity contribution in [3.05, 3.63) is 29.8 Å². The van der Waals surface area contributed by atoms with Crippen LogP contribution in [-0.2, 0) is 9.53 Å². The minimum atomic E-state index is -0.194. The third-order valence-electron chi connectivity index (χ3n) is 2.53. The van der Waals surface area contributed by atoms with Gasteiger partial charge in [0.05, 0.1) is 13.7 Å². The van der Waals surface area contributed by atoms with Crippen LogP contribution < -0.4 is 4.74 Å². The van der Waals surface area contributed by atoms with Gasteiger partial charge >= 0.3 is 5.97 Å². The fourth-order valence-corrected chi connectivity index (χ4v) is 1.45. The van der Waals surface area contributed by atoms with Gasteiger partial charge in [-0.25, -0.2) is 0 Å². The van der Waals surface area contributed by atoms with Gasteiger partial charge < -0.3 is 9.47 Å². The maximum atomic E-state index is 11.1. The Bertz CT molecular complexity index is 395. The first-order chi connectivity index (χ1) is 8.63. The topological polar surface area (TPSA) is 52.6 Å². The lowest BCUT2D eigenvalue weighted by atomic mass is 10.1. The molecule has 1 aromatic carbocycles. The van der Waals surface area contributed by atoms with Crippen molar-refractivity contribution in [2.75, 3.05) is 13.7 Å². The van der Waals surface area contributed by atoms with Crippen molar-refractivity contribution >= 4 is 11.8 Å². The van der Waals surface area contributed by atoms with Crippen molar-refractivity contribution < 1.29 is 19.1 Å². The van der Waals surface area contributed by atoms with E-state index in [0.717, 1.165) is 18.6 Å². The second kappa shape index (κ2) is 7.48. The number of methoxy groups -OCH3 is 1. The molecule has 0 amide bonds. The SMILES string of the molecule is COC(=O)CCCCOc1ccc(C(C)=O)cc1. The van der Waals surface area contributed by atoms with Gasteiger partial charge in [-0.2, -0.15) is 0 Å². The number of benzene rings is 1. The molecule has 18 heavy (non-hydrogen) atoms. The third-order valence-corrected chi connectivity index (χ3v) is 2.53. The van der Waals surface area contributed by atoms with Crippen molar-refractivity contribution in [2.45, 2.75) is 26.2 Å². The summed E-state index contributed by atoms with van der Waals surface area (Å²) in [5.41, 5.74) is 0.674. The van der Waals surface area contributed by atoms with Gasteiger partial charge in [-0.15, -0.1) is 0 Å². The van der Waals surface area contributed by atoms with Crippen LogP contribution in [0.15, 0.2) is 24.3 Å². The fraction of sp³-hybridized carbons (Fsp3) is 0.429. The van der Waals surface area contributed by atoms with E-state index in [2.05, 4.69) is 4.74 Å². The molecule has 0 unspecified atom stereocenters. The second-order valence-corrected chi connectivity index (χ2v) is 3.96. The van der Waals surface area contributed by atoms with E-state index >= 15 is 0 Å². The Morgan fingerprint density at radius 1 is 1.11 bits per heavy atom. The number of ether oxygens (including phenoxy) is 2. The molecule has 0 N–H and O–H groups in total. The highest BCUT2D eigenvalue weighted by atomic mass is 16.5. The zero-order valence-corrected chi connectivity index (χ0v) is 10.8. The number of esters is 1. The van der Waals surface area contributed by atoms with E-state index in [1.54, 1.807) is 24.3 Å². The Labute approximate surface area is 107 Å². The predicted octanol–water partition coefficient (Wildman–Crippen LogP) is 2.61. The van der Waals surface area contributed by atoms with Crippen LogP contribution in [0.4, 0.5) is 0 Å². The zero-order chi connectivity index (χ0) is 13.4. The first kappa shape index (κ1) is 14.2. The average Bonchev–Trinajstić information content (AvgIpc) is 2.38. The summed E-state index contributed by atoms with van der Waals surface area (Å²) in [5.74, 6) is 0.582. The summed E-state index contributed by atoms with van der Waals surface area (Å²) >= 11 is 0. The van der Waals surface area contributed by atoms with E-state index < -0.39 is 0 Å². The Morgan fingerprint density at radius 2 is 1.78 bits per heavy atom. The number of ketones is 1. The average molecular weight is 250 g/mol. The Morgan fingerprint density at radius 3 is 2.33 bits per heavy atom. The van der Waals surface area contributed by atoms with E-state index in [1.807, 2.05) is 0 Å². The molecule has 0 saturated carbocycles. The molecule has 0 aliphatic heterocycles. The van der Waals surface area contributed by atoms with Gasteiger partial charge in [0.15, 0.2) is 5.78 Å². The smallest absolute Gasteiger partial charge is 0.305 e. The molecule has 0 spiro atoms. The van der Waals surface area contributed by atoms with E-state index in [4.69, 9.17) is 4.74 Å². The molecule has 1 aromatic rings. The van der Waals surface area contributed by atoms with Gasteiger partial charge in [0.1, 0.15) is 5.75 Å². The molecule has 0 aromatic heterocycles. The number of rotatable bonds is 7. The maximum Gasteiger partial charge on any atom is 0.305 e. The van der Waals surface area contributed by atoms with Crippen LogP contribution in [0.2, 0.25) is 0 Å². The molecule has 98 valence electrons. The van der Waals surface area contributed by atoms with Crippen molar-refractivity contribution in [1.82, 2.24) is 0 Å². The molecular weight excluding hydrogens is 232 g/mol. The monoisotopic (exact) mass is 250 g/mol. The van der Waals surface area contributed by atoms with Gasteiger partial charge in [0.2, 0.25) is 0 Å². The van der Waals surface area contributed by atoms with Crippen LogP contribution in [0.5, 0.6) is 5.75 Å². The molecule has 0 aliphatic carbocycles. The van der Waals surface area contributed by atoms with E-state index in [-0.39, 0.29) is 11.8 Å². The highest BCUT2D eigenvalue weighted by molar-refractivity contribution is 5.94. The fourth-order valence-electron chi connectivity index (χ4n) is 1.45. The van der Waals surface area contributed by atoms with Gasteiger partial charge in [-0.3, -0.25) is 9.59 Å².